The minimum Gasteiger partial charge on any atom is -0.270 e. The van der Waals surface area contributed by atoms with Gasteiger partial charge < -0.3 is 0 Å². The lowest BCUT2D eigenvalue weighted by Crippen LogP contribution is -2.00. The molecule has 0 aliphatic rings. The Balaban J connectivity index is 1.55. The number of aromatic nitrogens is 3. The zero-order chi connectivity index (χ0) is 20.3. The van der Waals surface area contributed by atoms with Crippen LogP contribution in [0.3, 0.4) is 0 Å². The topological polar surface area (TPSA) is 30.7 Å². The van der Waals surface area contributed by atoms with E-state index in [1.165, 1.54) is 28.5 Å². The lowest BCUT2D eigenvalue weighted by atomic mass is 10.1. The van der Waals surface area contributed by atoms with Crippen molar-refractivity contribution >= 4 is 22.5 Å². The molecule has 0 aliphatic heterocycles. The molecule has 5 aromatic rings. The van der Waals surface area contributed by atoms with Gasteiger partial charge in [0.05, 0.1) is 0 Å². The monoisotopic (exact) mass is 411 g/mol. The van der Waals surface area contributed by atoms with Gasteiger partial charge in [0.25, 0.3) is 0 Å². The molecular formula is C25H18FN3S. The van der Waals surface area contributed by atoms with Gasteiger partial charge in [-0.3, -0.25) is 4.57 Å². The van der Waals surface area contributed by atoms with Crippen LogP contribution in [-0.2, 0) is 5.75 Å². The largest absolute Gasteiger partial charge is 0.270 e. The van der Waals surface area contributed by atoms with Gasteiger partial charge in [-0.25, -0.2) is 4.39 Å². The van der Waals surface area contributed by atoms with Crippen molar-refractivity contribution in [3.05, 3.63) is 108 Å². The second kappa shape index (κ2) is 8.13. The lowest BCUT2D eigenvalue weighted by molar-refractivity contribution is 0.627. The Morgan fingerprint density at radius 2 is 1.47 bits per heavy atom. The summed E-state index contributed by atoms with van der Waals surface area (Å²) in [7, 11) is 0. The predicted molar refractivity (Wildman–Crippen MR) is 120 cm³/mol. The van der Waals surface area contributed by atoms with E-state index in [0.717, 1.165) is 28.0 Å². The fourth-order valence-electron chi connectivity index (χ4n) is 3.52. The normalized spacial score (nSPS) is 11.1. The number of hydrogen-bond donors (Lipinski definition) is 0. The van der Waals surface area contributed by atoms with Crippen LogP contribution in [0.1, 0.15) is 5.56 Å². The van der Waals surface area contributed by atoms with Crippen molar-refractivity contribution in [3.8, 4) is 17.1 Å². The summed E-state index contributed by atoms with van der Waals surface area (Å²) in [5.74, 6) is 1.23. The molecule has 0 bridgehead atoms. The van der Waals surface area contributed by atoms with E-state index in [0.29, 0.717) is 0 Å². The van der Waals surface area contributed by atoms with Crippen molar-refractivity contribution in [1.29, 1.82) is 0 Å². The molecule has 0 amide bonds. The van der Waals surface area contributed by atoms with Crippen LogP contribution < -0.4 is 0 Å². The maximum atomic E-state index is 13.5. The van der Waals surface area contributed by atoms with Crippen molar-refractivity contribution in [2.75, 3.05) is 0 Å². The van der Waals surface area contributed by atoms with Gasteiger partial charge in [-0.2, -0.15) is 0 Å². The van der Waals surface area contributed by atoms with Crippen LogP contribution in [-0.4, -0.2) is 14.8 Å². The van der Waals surface area contributed by atoms with Crippen LogP contribution in [0, 0.1) is 5.82 Å². The molecule has 30 heavy (non-hydrogen) atoms. The summed E-state index contributed by atoms with van der Waals surface area (Å²) >= 11 is 1.63. The Hall–Kier alpha value is -3.44. The second-order valence-corrected chi connectivity index (χ2v) is 7.85. The van der Waals surface area contributed by atoms with Crippen molar-refractivity contribution in [2.24, 2.45) is 0 Å². The Morgan fingerprint density at radius 3 is 2.30 bits per heavy atom. The lowest BCUT2D eigenvalue weighted by Gasteiger charge is -2.11. The molecule has 0 radical (unpaired) electrons. The van der Waals surface area contributed by atoms with E-state index in [9.17, 15) is 4.39 Å². The molecule has 146 valence electrons. The predicted octanol–water partition coefficient (Wildman–Crippen LogP) is 6.52. The highest BCUT2D eigenvalue weighted by molar-refractivity contribution is 7.98. The second-order valence-electron chi connectivity index (χ2n) is 6.91. The molecule has 0 atom stereocenters. The molecule has 0 saturated carbocycles. The van der Waals surface area contributed by atoms with Crippen LogP contribution in [0.2, 0.25) is 0 Å². The standard InChI is InChI=1S/C25H18FN3S/c26-21-13-15-22(16-14-21)29-24(19-8-2-1-3-9-19)27-28-25(29)30-17-20-11-6-10-18-7-4-5-12-23(18)20/h1-16H,17H2. The number of fused-ring (bicyclic) bond motifs is 1. The molecule has 0 unspecified atom stereocenters. The van der Waals surface area contributed by atoms with Gasteiger partial charge in [0.2, 0.25) is 0 Å². The first-order chi connectivity index (χ1) is 14.8. The van der Waals surface area contributed by atoms with Crippen molar-refractivity contribution in [2.45, 2.75) is 10.9 Å². The zero-order valence-electron chi connectivity index (χ0n) is 16.1. The van der Waals surface area contributed by atoms with E-state index in [4.69, 9.17) is 0 Å². The molecule has 4 aromatic carbocycles. The van der Waals surface area contributed by atoms with E-state index in [2.05, 4.69) is 52.7 Å². The van der Waals surface area contributed by atoms with Crippen molar-refractivity contribution in [3.63, 3.8) is 0 Å². The average molecular weight is 412 g/mol. The maximum Gasteiger partial charge on any atom is 0.196 e. The molecule has 0 N–H and O–H groups in total. The number of rotatable bonds is 5. The number of nitrogens with zero attached hydrogens (tertiary/aromatic N) is 3. The first kappa shape index (κ1) is 18.6. The minimum atomic E-state index is -0.266. The molecular weight excluding hydrogens is 393 g/mol. The third-order valence-electron chi connectivity index (χ3n) is 4.99. The SMILES string of the molecule is Fc1ccc(-n2c(SCc3cccc4ccccc34)nnc2-c2ccccc2)cc1. The first-order valence-corrected chi connectivity index (χ1v) is 10.6. The summed E-state index contributed by atoms with van der Waals surface area (Å²) < 4.78 is 15.5. The maximum absolute atomic E-state index is 13.5. The highest BCUT2D eigenvalue weighted by atomic mass is 32.2. The van der Waals surface area contributed by atoms with Gasteiger partial charge in [0, 0.05) is 17.0 Å². The molecule has 5 heteroatoms. The van der Waals surface area contributed by atoms with Crippen molar-refractivity contribution < 1.29 is 4.39 Å². The third kappa shape index (κ3) is 3.60. The van der Waals surface area contributed by atoms with Crippen LogP contribution in [0.4, 0.5) is 4.39 Å². The number of benzene rings is 4. The molecule has 0 saturated heterocycles. The first-order valence-electron chi connectivity index (χ1n) is 9.66. The molecule has 0 spiro atoms. The fourth-order valence-corrected chi connectivity index (χ4v) is 4.48. The molecule has 3 nitrogen and oxygen atoms in total. The number of halogens is 1. The van der Waals surface area contributed by atoms with Gasteiger partial charge in [0.15, 0.2) is 11.0 Å². The van der Waals surface area contributed by atoms with E-state index in [-0.39, 0.29) is 5.82 Å². The highest BCUT2D eigenvalue weighted by Crippen LogP contribution is 2.31. The van der Waals surface area contributed by atoms with Gasteiger partial charge in [-0.15, -0.1) is 10.2 Å². The van der Waals surface area contributed by atoms with E-state index < -0.39 is 0 Å². The van der Waals surface area contributed by atoms with E-state index in [1.54, 1.807) is 23.9 Å². The molecule has 5 rings (SSSR count). The smallest absolute Gasteiger partial charge is 0.196 e. The molecule has 1 aromatic heterocycles. The number of thioether (sulfide) groups is 1. The van der Waals surface area contributed by atoms with Gasteiger partial charge in [-0.05, 0) is 40.6 Å². The summed E-state index contributed by atoms with van der Waals surface area (Å²) in [6, 6.07) is 31.1. The van der Waals surface area contributed by atoms with Crippen LogP contribution >= 0.6 is 11.8 Å². The Bertz CT molecular complexity index is 1290. The Labute approximate surface area is 178 Å². The summed E-state index contributed by atoms with van der Waals surface area (Å²) in [5, 5.41) is 12.2. The summed E-state index contributed by atoms with van der Waals surface area (Å²) in [6.07, 6.45) is 0. The molecule has 0 aliphatic carbocycles. The van der Waals surface area contributed by atoms with E-state index in [1.807, 2.05) is 34.9 Å². The van der Waals surface area contributed by atoms with Crippen LogP contribution in [0.5, 0.6) is 0 Å². The van der Waals surface area contributed by atoms with Gasteiger partial charge >= 0.3 is 0 Å². The third-order valence-corrected chi connectivity index (χ3v) is 5.96. The van der Waals surface area contributed by atoms with E-state index >= 15 is 0 Å². The van der Waals surface area contributed by atoms with Crippen molar-refractivity contribution in [1.82, 2.24) is 14.8 Å². The number of hydrogen-bond acceptors (Lipinski definition) is 3. The minimum absolute atomic E-state index is 0.266. The summed E-state index contributed by atoms with van der Waals surface area (Å²) in [4.78, 5) is 0. The average Bonchev–Trinajstić information content (AvgIpc) is 3.23. The molecule has 1 heterocycles. The molecule has 0 fully saturated rings. The van der Waals surface area contributed by atoms with Crippen LogP contribution in [0.15, 0.2) is 102 Å². The fraction of sp³-hybridized carbons (Fsp3) is 0.0400. The quantitative estimate of drug-likeness (QED) is 0.309. The Morgan fingerprint density at radius 1 is 0.733 bits per heavy atom. The Kier molecular flexibility index (Phi) is 5.03. The summed E-state index contributed by atoms with van der Waals surface area (Å²) in [6.45, 7) is 0. The van der Waals surface area contributed by atoms with Gasteiger partial charge in [-0.1, -0.05) is 84.6 Å². The summed E-state index contributed by atoms with van der Waals surface area (Å²) in [5.41, 5.74) is 3.04. The van der Waals surface area contributed by atoms with Crippen LogP contribution in [0.25, 0.3) is 27.8 Å². The highest BCUT2D eigenvalue weighted by Gasteiger charge is 2.16. The van der Waals surface area contributed by atoms with Gasteiger partial charge in [0.1, 0.15) is 5.82 Å². The zero-order valence-corrected chi connectivity index (χ0v) is 16.9.